The molecule has 1 N–H and O–H groups in total. The van der Waals surface area contributed by atoms with Gasteiger partial charge in [-0.3, -0.25) is 4.79 Å². The van der Waals surface area contributed by atoms with Crippen LogP contribution in [0.1, 0.15) is 54.5 Å². The molecule has 1 aromatic heterocycles. The quantitative estimate of drug-likeness (QED) is 0.337. The Labute approximate surface area is 231 Å². The summed E-state index contributed by atoms with van der Waals surface area (Å²) in [6.45, 7) is 4.17. The maximum absolute atomic E-state index is 13.7. The number of hydrogen-bond acceptors (Lipinski definition) is 6. The zero-order chi connectivity index (χ0) is 27.3. The topological polar surface area (TPSA) is 80.3 Å². The van der Waals surface area contributed by atoms with Gasteiger partial charge in [0.15, 0.2) is 11.5 Å². The van der Waals surface area contributed by atoms with Crippen molar-refractivity contribution < 1.29 is 23.8 Å². The number of nitrogens with zero attached hydrogens (tertiary/aromatic N) is 2. The number of thiophene rings is 1. The third-order valence-corrected chi connectivity index (χ3v) is 8.10. The summed E-state index contributed by atoms with van der Waals surface area (Å²) >= 11 is 1.65. The van der Waals surface area contributed by atoms with Crippen molar-refractivity contribution in [1.82, 2.24) is 15.1 Å². The highest BCUT2D eigenvalue weighted by atomic mass is 32.1. The van der Waals surface area contributed by atoms with Crippen molar-refractivity contribution in [3.63, 3.8) is 0 Å². The number of hydrogen-bond donors (Lipinski definition) is 1. The monoisotopic (exact) mass is 545 g/mol. The molecule has 3 amide bonds. The van der Waals surface area contributed by atoms with E-state index in [9.17, 15) is 9.59 Å². The van der Waals surface area contributed by atoms with E-state index in [4.69, 9.17) is 14.2 Å². The average molecular weight is 546 g/mol. The van der Waals surface area contributed by atoms with E-state index in [2.05, 4.69) is 23.7 Å². The fourth-order valence-corrected chi connectivity index (χ4v) is 5.68. The minimum Gasteiger partial charge on any atom is -0.493 e. The molecule has 8 nitrogen and oxygen atoms in total. The van der Waals surface area contributed by atoms with Gasteiger partial charge >= 0.3 is 6.03 Å². The number of carbonyl (C=O) groups excluding carboxylic acids is 2. The van der Waals surface area contributed by atoms with E-state index in [1.165, 1.54) is 12.0 Å². The largest absolute Gasteiger partial charge is 0.493 e. The SMILES string of the molecule is COCCCN(CC(=O)N(CCc1ccc(OC)c(OC)c1)Cc1sccc1C)C(=O)NC1CCCCC1. The molecule has 3 rings (SSSR count). The molecular weight excluding hydrogens is 502 g/mol. The molecule has 1 saturated carbocycles. The average Bonchev–Trinajstić information content (AvgIpc) is 3.34. The highest BCUT2D eigenvalue weighted by Gasteiger charge is 2.24. The smallest absolute Gasteiger partial charge is 0.318 e. The van der Waals surface area contributed by atoms with E-state index in [0.717, 1.165) is 36.1 Å². The Morgan fingerprint density at radius 1 is 1.00 bits per heavy atom. The van der Waals surface area contributed by atoms with Crippen LogP contribution in [0.4, 0.5) is 4.79 Å². The molecule has 210 valence electrons. The minimum absolute atomic E-state index is 0.0403. The predicted molar refractivity (Wildman–Crippen MR) is 151 cm³/mol. The van der Waals surface area contributed by atoms with Crippen molar-refractivity contribution in [1.29, 1.82) is 0 Å². The highest BCUT2D eigenvalue weighted by Crippen LogP contribution is 2.28. The number of aryl methyl sites for hydroxylation is 1. The lowest BCUT2D eigenvalue weighted by molar-refractivity contribution is -0.132. The molecule has 1 aliphatic carbocycles. The summed E-state index contributed by atoms with van der Waals surface area (Å²) in [4.78, 5) is 31.6. The van der Waals surface area contributed by atoms with Crippen LogP contribution >= 0.6 is 11.3 Å². The van der Waals surface area contributed by atoms with E-state index in [-0.39, 0.29) is 24.5 Å². The molecule has 1 fully saturated rings. The third kappa shape index (κ3) is 8.91. The Hall–Kier alpha value is -2.78. The molecule has 0 unspecified atom stereocenters. The minimum atomic E-state index is -0.159. The first-order valence-corrected chi connectivity index (χ1v) is 14.4. The number of rotatable bonds is 14. The van der Waals surface area contributed by atoms with Crippen molar-refractivity contribution in [3.8, 4) is 11.5 Å². The lowest BCUT2D eigenvalue weighted by Gasteiger charge is -2.30. The Morgan fingerprint density at radius 3 is 2.42 bits per heavy atom. The number of carbonyl (C=O) groups is 2. The molecule has 1 heterocycles. The second kappa shape index (κ2) is 15.6. The number of benzene rings is 1. The van der Waals surface area contributed by atoms with E-state index in [0.29, 0.717) is 50.6 Å². The highest BCUT2D eigenvalue weighted by molar-refractivity contribution is 7.10. The number of ether oxygens (including phenoxy) is 3. The van der Waals surface area contributed by atoms with Crippen molar-refractivity contribution in [3.05, 3.63) is 45.6 Å². The van der Waals surface area contributed by atoms with Crippen LogP contribution in [0.3, 0.4) is 0 Å². The maximum atomic E-state index is 13.7. The summed E-state index contributed by atoms with van der Waals surface area (Å²) in [6.07, 6.45) is 6.84. The van der Waals surface area contributed by atoms with Crippen LogP contribution in [0.5, 0.6) is 11.5 Å². The van der Waals surface area contributed by atoms with Crippen molar-refractivity contribution in [2.75, 3.05) is 47.6 Å². The molecule has 0 saturated heterocycles. The first kappa shape index (κ1) is 29.8. The van der Waals surface area contributed by atoms with E-state index < -0.39 is 0 Å². The Balaban J connectivity index is 1.72. The number of urea groups is 1. The molecule has 0 bridgehead atoms. The van der Waals surface area contributed by atoms with Gasteiger partial charge in [0.1, 0.15) is 6.54 Å². The summed E-state index contributed by atoms with van der Waals surface area (Å²) in [5.74, 6) is 1.28. The maximum Gasteiger partial charge on any atom is 0.318 e. The summed E-state index contributed by atoms with van der Waals surface area (Å²) in [5.41, 5.74) is 2.22. The van der Waals surface area contributed by atoms with E-state index in [1.54, 1.807) is 37.6 Å². The van der Waals surface area contributed by atoms with Gasteiger partial charge < -0.3 is 29.3 Å². The Kier molecular flexibility index (Phi) is 12.2. The molecule has 2 aromatic rings. The lowest BCUT2D eigenvalue weighted by Crippen LogP contribution is -2.50. The third-order valence-electron chi connectivity index (χ3n) is 7.10. The Morgan fingerprint density at radius 2 is 1.76 bits per heavy atom. The van der Waals surface area contributed by atoms with Gasteiger partial charge in [0.25, 0.3) is 0 Å². The van der Waals surface area contributed by atoms with Gasteiger partial charge in [0.05, 0.1) is 20.8 Å². The van der Waals surface area contributed by atoms with Crippen LogP contribution in [-0.4, -0.2) is 75.4 Å². The first-order valence-electron chi connectivity index (χ1n) is 13.5. The second-order valence-corrected chi connectivity index (χ2v) is 10.8. The van der Waals surface area contributed by atoms with E-state index >= 15 is 0 Å². The molecule has 0 radical (unpaired) electrons. The lowest BCUT2D eigenvalue weighted by atomic mass is 9.96. The Bertz CT molecular complexity index is 1020. The summed E-state index contributed by atoms with van der Waals surface area (Å²) < 4.78 is 16.0. The molecule has 1 aliphatic rings. The molecular formula is C29H43N3O5S. The predicted octanol–water partition coefficient (Wildman–Crippen LogP) is 5.03. The zero-order valence-electron chi connectivity index (χ0n) is 23.3. The summed E-state index contributed by atoms with van der Waals surface area (Å²) in [7, 11) is 4.88. The van der Waals surface area contributed by atoms with Crippen molar-refractivity contribution in [2.24, 2.45) is 0 Å². The zero-order valence-corrected chi connectivity index (χ0v) is 24.1. The van der Waals surface area contributed by atoms with Gasteiger partial charge in [-0.25, -0.2) is 4.79 Å². The van der Waals surface area contributed by atoms with Crippen LogP contribution in [0, 0.1) is 6.92 Å². The molecule has 1 aromatic carbocycles. The van der Waals surface area contributed by atoms with Gasteiger partial charge in [0, 0.05) is 37.7 Å². The fraction of sp³-hybridized carbons (Fsp3) is 0.586. The van der Waals surface area contributed by atoms with Crippen LogP contribution in [0.2, 0.25) is 0 Å². The molecule has 0 aliphatic heterocycles. The van der Waals surface area contributed by atoms with Gasteiger partial charge in [-0.2, -0.15) is 0 Å². The molecule has 38 heavy (non-hydrogen) atoms. The number of amides is 3. The number of methoxy groups -OCH3 is 3. The van der Waals surface area contributed by atoms with Crippen LogP contribution in [0.15, 0.2) is 29.6 Å². The van der Waals surface area contributed by atoms with E-state index in [1.807, 2.05) is 23.1 Å². The normalized spacial score (nSPS) is 13.7. The van der Waals surface area contributed by atoms with Crippen LogP contribution in [-0.2, 0) is 22.5 Å². The summed E-state index contributed by atoms with van der Waals surface area (Å²) in [5, 5.41) is 5.23. The fourth-order valence-electron chi connectivity index (χ4n) is 4.76. The van der Waals surface area contributed by atoms with Gasteiger partial charge in [-0.15, -0.1) is 11.3 Å². The second-order valence-electron chi connectivity index (χ2n) is 9.83. The summed E-state index contributed by atoms with van der Waals surface area (Å²) in [6, 6.07) is 7.93. The van der Waals surface area contributed by atoms with Gasteiger partial charge in [0.2, 0.25) is 5.91 Å². The molecule has 0 atom stereocenters. The van der Waals surface area contributed by atoms with Gasteiger partial charge in [-0.1, -0.05) is 25.3 Å². The number of nitrogens with one attached hydrogen (secondary N) is 1. The van der Waals surface area contributed by atoms with Crippen molar-refractivity contribution in [2.45, 2.75) is 64.5 Å². The molecule has 9 heteroatoms. The molecule has 0 spiro atoms. The van der Waals surface area contributed by atoms with Crippen molar-refractivity contribution >= 4 is 23.3 Å². The van der Waals surface area contributed by atoms with Crippen LogP contribution < -0.4 is 14.8 Å². The standard InChI is InChI=1S/C29H43N3O5S/c1-22-14-18-38-27(22)20-31(16-13-23-11-12-25(36-3)26(19-23)37-4)28(33)21-32(15-8-17-35-2)29(34)30-24-9-6-5-7-10-24/h11-12,14,18-19,24H,5-10,13,15-17,20-21H2,1-4H3,(H,30,34). The van der Waals surface area contributed by atoms with Gasteiger partial charge in [-0.05, 0) is 67.3 Å². The van der Waals surface area contributed by atoms with Crippen LogP contribution in [0.25, 0.3) is 0 Å². The first-order chi connectivity index (χ1) is 18.4.